The van der Waals surface area contributed by atoms with Gasteiger partial charge in [0.25, 0.3) is 5.91 Å². The first-order valence-corrected chi connectivity index (χ1v) is 4.57. The lowest BCUT2D eigenvalue weighted by molar-refractivity contribution is -0.117. The van der Waals surface area contributed by atoms with Crippen molar-refractivity contribution in [3.63, 3.8) is 0 Å². The van der Waals surface area contributed by atoms with Gasteiger partial charge in [-0.2, -0.15) is 0 Å². The molecule has 13 heavy (non-hydrogen) atoms. The molecule has 0 spiro atoms. The number of carbonyl (C=O) groups is 1. The Bertz CT molecular complexity index is 347. The van der Waals surface area contributed by atoms with Gasteiger partial charge in [-0.25, -0.2) is 0 Å². The third-order valence-electron chi connectivity index (χ3n) is 2.75. The summed E-state index contributed by atoms with van der Waals surface area (Å²) in [5.41, 5.74) is 4.40. The fraction of sp³-hybridized carbons (Fsp3) is 0.364. The molecule has 1 heterocycles. The lowest BCUT2D eigenvalue weighted by Crippen LogP contribution is -2.33. The minimum absolute atomic E-state index is 0.00606. The Hall–Kier alpha value is -1.31. The van der Waals surface area contributed by atoms with E-state index in [0.29, 0.717) is 12.1 Å². The van der Waals surface area contributed by atoms with Crippen LogP contribution < -0.4 is 5.32 Å². The van der Waals surface area contributed by atoms with Crippen LogP contribution in [0, 0.1) is 0 Å². The van der Waals surface area contributed by atoms with Gasteiger partial charge in [0.05, 0.1) is 0 Å². The quantitative estimate of drug-likeness (QED) is 0.558. The van der Waals surface area contributed by atoms with Crippen molar-refractivity contribution in [2.45, 2.75) is 19.8 Å². The van der Waals surface area contributed by atoms with Crippen LogP contribution in [0.2, 0.25) is 0 Å². The Balaban J connectivity index is 2.45. The molecule has 2 heteroatoms. The van der Waals surface area contributed by atoms with Gasteiger partial charge >= 0.3 is 0 Å². The van der Waals surface area contributed by atoms with Crippen LogP contribution in [0.15, 0.2) is 34.9 Å². The van der Waals surface area contributed by atoms with Crippen LogP contribution in [-0.4, -0.2) is 12.5 Å². The molecule has 1 amide bonds. The second-order valence-electron chi connectivity index (χ2n) is 3.54. The molecule has 0 bridgehead atoms. The molecule has 2 rings (SSSR count). The van der Waals surface area contributed by atoms with E-state index in [0.717, 1.165) is 12.8 Å². The van der Waals surface area contributed by atoms with Crippen LogP contribution >= 0.6 is 0 Å². The number of allylic oxidation sites excluding steroid dienone is 1. The lowest BCUT2D eigenvalue weighted by Gasteiger charge is -2.26. The molecule has 68 valence electrons. The highest BCUT2D eigenvalue weighted by molar-refractivity contribution is 5.99. The first-order valence-electron chi connectivity index (χ1n) is 4.57. The van der Waals surface area contributed by atoms with Gasteiger partial charge < -0.3 is 5.32 Å². The molecule has 0 aromatic rings. The predicted octanol–water partition coefficient (Wildman–Crippen LogP) is 1.71. The summed E-state index contributed by atoms with van der Waals surface area (Å²) in [6.07, 6.45) is 4.24. The third kappa shape index (κ3) is 1.22. The molecule has 2 aliphatic rings. The lowest BCUT2D eigenvalue weighted by atomic mass is 9.85. The van der Waals surface area contributed by atoms with Crippen molar-refractivity contribution < 1.29 is 4.79 Å². The minimum atomic E-state index is -0.00606. The Morgan fingerprint density at radius 3 is 3.00 bits per heavy atom. The number of hydrogen-bond acceptors (Lipinski definition) is 1. The van der Waals surface area contributed by atoms with Crippen molar-refractivity contribution in [3.8, 4) is 0 Å². The van der Waals surface area contributed by atoms with Gasteiger partial charge in [-0.05, 0) is 36.5 Å². The van der Waals surface area contributed by atoms with E-state index in [2.05, 4.69) is 24.9 Å². The zero-order chi connectivity index (χ0) is 9.42. The average molecular weight is 175 g/mol. The van der Waals surface area contributed by atoms with Crippen molar-refractivity contribution in [1.82, 2.24) is 5.32 Å². The molecule has 0 radical (unpaired) electrons. The first-order chi connectivity index (χ1) is 6.20. The van der Waals surface area contributed by atoms with Crippen molar-refractivity contribution in [2.75, 3.05) is 6.54 Å². The maximum Gasteiger partial charge on any atom is 0.251 e. The summed E-state index contributed by atoms with van der Waals surface area (Å²) >= 11 is 0. The summed E-state index contributed by atoms with van der Waals surface area (Å²) < 4.78 is 0. The highest BCUT2D eigenvalue weighted by atomic mass is 16.1. The smallest absolute Gasteiger partial charge is 0.251 e. The summed E-state index contributed by atoms with van der Waals surface area (Å²) in [4.78, 5) is 11.3. The molecule has 0 fully saturated rings. The highest BCUT2D eigenvalue weighted by Gasteiger charge is 2.23. The summed E-state index contributed by atoms with van der Waals surface area (Å²) in [5, 5.41) is 2.82. The molecule has 0 saturated heterocycles. The van der Waals surface area contributed by atoms with E-state index in [1.54, 1.807) is 0 Å². The van der Waals surface area contributed by atoms with E-state index in [1.807, 2.05) is 0 Å². The molecule has 0 saturated carbocycles. The van der Waals surface area contributed by atoms with E-state index in [-0.39, 0.29) is 5.91 Å². The topological polar surface area (TPSA) is 29.1 Å². The van der Waals surface area contributed by atoms with E-state index in [9.17, 15) is 4.79 Å². The molecule has 0 aromatic heterocycles. The second-order valence-corrected chi connectivity index (χ2v) is 3.54. The third-order valence-corrected chi connectivity index (χ3v) is 2.75. The Morgan fingerprint density at radius 2 is 2.23 bits per heavy atom. The molecule has 1 aliphatic carbocycles. The van der Waals surface area contributed by atoms with Crippen molar-refractivity contribution in [3.05, 3.63) is 34.9 Å². The van der Waals surface area contributed by atoms with Crippen molar-refractivity contribution in [2.24, 2.45) is 0 Å². The average Bonchev–Trinajstić information content (AvgIpc) is 2.12. The van der Waals surface area contributed by atoms with Gasteiger partial charge in [0.1, 0.15) is 0 Å². The fourth-order valence-electron chi connectivity index (χ4n) is 1.94. The molecular weight excluding hydrogens is 162 g/mol. The first kappa shape index (κ1) is 8.30. The van der Waals surface area contributed by atoms with Crippen LogP contribution in [0.5, 0.6) is 0 Å². The number of hydrogen-bond donors (Lipinski definition) is 1. The van der Waals surface area contributed by atoms with Crippen molar-refractivity contribution in [1.29, 1.82) is 0 Å². The maximum atomic E-state index is 11.3. The molecule has 0 atom stereocenters. The van der Waals surface area contributed by atoms with Crippen LogP contribution in [0.25, 0.3) is 0 Å². The Labute approximate surface area is 78.0 Å². The monoisotopic (exact) mass is 175 g/mol. The largest absolute Gasteiger partial charge is 0.348 e. The summed E-state index contributed by atoms with van der Waals surface area (Å²) in [7, 11) is 0. The van der Waals surface area contributed by atoms with E-state index < -0.39 is 0 Å². The van der Waals surface area contributed by atoms with Crippen LogP contribution in [-0.2, 0) is 4.79 Å². The Morgan fingerprint density at radius 1 is 1.46 bits per heavy atom. The van der Waals surface area contributed by atoms with Crippen molar-refractivity contribution >= 4 is 5.91 Å². The maximum absolute atomic E-state index is 11.3. The predicted molar refractivity (Wildman–Crippen MR) is 52.2 cm³/mol. The normalized spacial score (nSPS) is 22.4. The van der Waals surface area contributed by atoms with Gasteiger partial charge in [-0.15, -0.1) is 0 Å². The molecule has 1 N–H and O–H groups in total. The zero-order valence-corrected chi connectivity index (χ0v) is 7.81. The van der Waals surface area contributed by atoms with Gasteiger partial charge in [-0.1, -0.05) is 12.7 Å². The zero-order valence-electron chi connectivity index (χ0n) is 7.81. The summed E-state index contributed by atoms with van der Waals surface area (Å²) in [6.45, 7) is 6.59. The standard InChI is InChI=1S/C11H13NO/c1-7-4-3-5-9-8(2)11(13)12-6-10(7)9/h4H,2-3,5-6H2,1H3,(H,12,13). The number of rotatable bonds is 0. The SMILES string of the molecule is C=C1C(=O)NCC2=C1CCC=C2C. The van der Waals surface area contributed by atoms with Gasteiger partial charge in [0.15, 0.2) is 0 Å². The highest BCUT2D eigenvalue weighted by Crippen LogP contribution is 2.31. The van der Waals surface area contributed by atoms with Crippen LogP contribution in [0.4, 0.5) is 0 Å². The Kier molecular flexibility index (Phi) is 1.83. The van der Waals surface area contributed by atoms with Gasteiger partial charge in [0.2, 0.25) is 0 Å². The number of nitrogens with one attached hydrogen (secondary N) is 1. The molecule has 1 aliphatic heterocycles. The molecule has 2 nitrogen and oxygen atoms in total. The van der Waals surface area contributed by atoms with Crippen LogP contribution in [0.3, 0.4) is 0 Å². The second kappa shape index (κ2) is 2.87. The van der Waals surface area contributed by atoms with E-state index >= 15 is 0 Å². The number of carbonyl (C=O) groups excluding carboxylic acids is 1. The molecular formula is C11H13NO. The summed E-state index contributed by atoms with van der Waals surface area (Å²) in [6, 6.07) is 0. The van der Waals surface area contributed by atoms with E-state index in [4.69, 9.17) is 0 Å². The molecule has 0 aromatic carbocycles. The minimum Gasteiger partial charge on any atom is -0.348 e. The summed E-state index contributed by atoms with van der Waals surface area (Å²) in [5.74, 6) is -0.00606. The van der Waals surface area contributed by atoms with Crippen LogP contribution in [0.1, 0.15) is 19.8 Å². The van der Waals surface area contributed by atoms with Gasteiger partial charge in [-0.3, -0.25) is 4.79 Å². The molecule has 0 unspecified atom stereocenters. The fourth-order valence-corrected chi connectivity index (χ4v) is 1.94. The number of amides is 1. The van der Waals surface area contributed by atoms with E-state index in [1.165, 1.54) is 16.7 Å². The van der Waals surface area contributed by atoms with Gasteiger partial charge in [0, 0.05) is 12.1 Å².